The van der Waals surface area contributed by atoms with Crippen molar-refractivity contribution in [1.29, 1.82) is 5.41 Å². The highest BCUT2D eigenvalue weighted by atomic mass is 32.2. The number of carbonyl (C=O) groups excluding carboxylic acids is 2. The van der Waals surface area contributed by atoms with Crippen molar-refractivity contribution in [2.24, 2.45) is 5.73 Å². The molecule has 1 aromatic rings. The van der Waals surface area contributed by atoms with E-state index < -0.39 is 17.5 Å². The van der Waals surface area contributed by atoms with Gasteiger partial charge in [0.2, 0.25) is 0 Å². The number of benzene rings is 1. The van der Waals surface area contributed by atoms with Gasteiger partial charge in [0.05, 0.1) is 5.84 Å². The van der Waals surface area contributed by atoms with Gasteiger partial charge in [0, 0.05) is 18.1 Å². The molecule has 1 aromatic carbocycles. The highest BCUT2D eigenvalue weighted by Gasteiger charge is 2.32. The zero-order valence-corrected chi connectivity index (χ0v) is 13.9. The molecule has 8 heteroatoms. The molecular weight excluding hydrogens is 318 g/mol. The van der Waals surface area contributed by atoms with E-state index in [0.29, 0.717) is 18.1 Å². The SMILES string of the molecule is CC(=N)NCCSC[C@](C)(N)C(=O)OC(=O)c1ccccc1O. The summed E-state index contributed by atoms with van der Waals surface area (Å²) in [5.74, 6) is -0.756. The summed E-state index contributed by atoms with van der Waals surface area (Å²) in [6.07, 6.45) is 0. The minimum Gasteiger partial charge on any atom is -0.507 e. The van der Waals surface area contributed by atoms with Gasteiger partial charge in [-0.2, -0.15) is 11.8 Å². The van der Waals surface area contributed by atoms with E-state index in [4.69, 9.17) is 15.9 Å². The number of thioether (sulfide) groups is 1. The van der Waals surface area contributed by atoms with Crippen molar-refractivity contribution in [3.63, 3.8) is 0 Å². The third kappa shape index (κ3) is 6.29. The van der Waals surface area contributed by atoms with Gasteiger partial charge in [-0.25, -0.2) is 9.59 Å². The molecule has 0 aliphatic carbocycles. The molecule has 0 aliphatic heterocycles. The number of rotatable bonds is 7. The Morgan fingerprint density at radius 2 is 2.09 bits per heavy atom. The Kier molecular flexibility index (Phi) is 7.05. The van der Waals surface area contributed by atoms with E-state index in [1.807, 2.05) is 0 Å². The van der Waals surface area contributed by atoms with E-state index in [0.717, 1.165) is 0 Å². The van der Waals surface area contributed by atoms with E-state index in [-0.39, 0.29) is 17.1 Å². The molecule has 0 bridgehead atoms. The second-order valence-corrected chi connectivity index (χ2v) is 6.32. The van der Waals surface area contributed by atoms with E-state index in [2.05, 4.69) is 5.32 Å². The molecule has 0 fully saturated rings. The number of aromatic hydroxyl groups is 1. The maximum Gasteiger partial charge on any atom is 0.349 e. The highest BCUT2D eigenvalue weighted by Crippen LogP contribution is 2.18. The molecule has 0 heterocycles. The van der Waals surface area contributed by atoms with E-state index in [1.165, 1.54) is 30.8 Å². The Balaban J connectivity index is 2.50. The molecular formula is C15H21N3O4S. The van der Waals surface area contributed by atoms with Gasteiger partial charge in [-0.05, 0) is 26.0 Å². The first-order valence-corrected chi connectivity index (χ1v) is 8.10. The van der Waals surface area contributed by atoms with Crippen LogP contribution < -0.4 is 11.1 Å². The van der Waals surface area contributed by atoms with Gasteiger partial charge in [0.1, 0.15) is 16.9 Å². The monoisotopic (exact) mass is 339 g/mol. The lowest BCUT2D eigenvalue weighted by molar-refractivity contribution is -0.142. The summed E-state index contributed by atoms with van der Waals surface area (Å²) in [5.41, 5.74) is 4.48. The maximum absolute atomic E-state index is 12.0. The van der Waals surface area contributed by atoms with Gasteiger partial charge in [0.15, 0.2) is 0 Å². The second-order valence-electron chi connectivity index (χ2n) is 5.22. The lowest BCUT2D eigenvalue weighted by atomic mass is 10.1. The molecule has 0 aromatic heterocycles. The number of phenols is 1. The number of ether oxygens (including phenoxy) is 1. The van der Waals surface area contributed by atoms with Crippen LogP contribution in [0, 0.1) is 5.41 Å². The minimum atomic E-state index is -1.33. The number of esters is 2. The normalized spacial score (nSPS) is 13.0. The zero-order chi connectivity index (χ0) is 17.5. The van der Waals surface area contributed by atoms with Crippen molar-refractivity contribution in [3.8, 4) is 5.75 Å². The molecule has 0 aliphatic rings. The average molecular weight is 339 g/mol. The molecule has 0 saturated carbocycles. The van der Waals surface area contributed by atoms with Crippen LogP contribution in [0.2, 0.25) is 0 Å². The number of phenolic OH excluding ortho intramolecular Hbond substituents is 1. The van der Waals surface area contributed by atoms with Crippen LogP contribution >= 0.6 is 11.8 Å². The molecule has 1 rings (SSSR count). The lowest BCUT2D eigenvalue weighted by Crippen LogP contribution is -2.49. The molecule has 0 amide bonds. The predicted octanol–water partition coefficient (Wildman–Crippen LogP) is 1.11. The van der Waals surface area contributed by atoms with Gasteiger partial charge < -0.3 is 20.9 Å². The van der Waals surface area contributed by atoms with Crippen molar-refractivity contribution in [3.05, 3.63) is 29.8 Å². The summed E-state index contributed by atoms with van der Waals surface area (Å²) in [6.45, 7) is 3.71. The number of amidine groups is 1. The number of hydrogen-bond acceptors (Lipinski definition) is 7. The van der Waals surface area contributed by atoms with Crippen LogP contribution in [0.4, 0.5) is 0 Å². The molecule has 126 valence electrons. The van der Waals surface area contributed by atoms with Gasteiger partial charge in [0.25, 0.3) is 0 Å². The summed E-state index contributed by atoms with van der Waals surface area (Å²) >= 11 is 1.41. The summed E-state index contributed by atoms with van der Waals surface area (Å²) in [7, 11) is 0. The van der Waals surface area contributed by atoms with Crippen LogP contribution in [0.1, 0.15) is 24.2 Å². The second kappa shape index (κ2) is 8.54. The molecule has 0 radical (unpaired) electrons. The third-order valence-corrected chi connectivity index (χ3v) is 4.11. The zero-order valence-electron chi connectivity index (χ0n) is 13.1. The summed E-state index contributed by atoms with van der Waals surface area (Å²) in [6, 6.07) is 5.80. The van der Waals surface area contributed by atoms with Gasteiger partial charge in [-0.15, -0.1) is 0 Å². The minimum absolute atomic E-state index is 0.0880. The largest absolute Gasteiger partial charge is 0.507 e. The third-order valence-electron chi connectivity index (χ3n) is 2.81. The molecule has 5 N–H and O–H groups in total. The molecule has 0 spiro atoms. The van der Waals surface area contributed by atoms with Crippen LogP contribution in [0.15, 0.2) is 24.3 Å². The van der Waals surface area contributed by atoms with Crippen molar-refractivity contribution in [1.82, 2.24) is 5.32 Å². The van der Waals surface area contributed by atoms with Crippen molar-refractivity contribution in [2.75, 3.05) is 18.1 Å². The lowest BCUT2D eigenvalue weighted by Gasteiger charge is -2.21. The van der Waals surface area contributed by atoms with E-state index in [1.54, 1.807) is 19.1 Å². The summed E-state index contributed by atoms with van der Waals surface area (Å²) in [4.78, 5) is 23.9. The van der Waals surface area contributed by atoms with E-state index in [9.17, 15) is 14.7 Å². The summed E-state index contributed by atoms with van der Waals surface area (Å²) in [5, 5.41) is 19.6. The van der Waals surface area contributed by atoms with Gasteiger partial charge in [-0.3, -0.25) is 5.41 Å². The fraction of sp³-hybridized carbons (Fsp3) is 0.400. The van der Waals surface area contributed by atoms with Crippen LogP contribution in [0.25, 0.3) is 0 Å². The van der Waals surface area contributed by atoms with E-state index >= 15 is 0 Å². The average Bonchev–Trinajstić information content (AvgIpc) is 2.46. The Labute approximate surface area is 139 Å². The highest BCUT2D eigenvalue weighted by molar-refractivity contribution is 7.99. The van der Waals surface area contributed by atoms with Gasteiger partial charge >= 0.3 is 11.9 Å². The maximum atomic E-state index is 12.0. The topological polar surface area (TPSA) is 126 Å². The fourth-order valence-electron chi connectivity index (χ4n) is 1.56. The molecule has 0 unspecified atom stereocenters. The predicted molar refractivity (Wildman–Crippen MR) is 89.9 cm³/mol. The van der Waals surface area contributed by atoms with Crippen LogP contribution in [-0.4, -0.2) is 46.5 Å². The first kappa shape index (κ1) is 19.0. The molecule has 0 saturated heterocycles. The quantitative estimate of drug-likeness (QED) is 0.193. The van der Waals surface area contributed by atoms with Crippen LogP contribution in [-0.2, 0) is 9.53 Å². The smallest absolute Gasteiger partial charge is 0.349 e. The van der Waals surface area contributed by atoms with Crippen molar-refractivity contribution < 1.29 is 19.4 Å². The van der Waals surface area contributed by atoms with Gasteiger partial charge in [-0.1, -0.05) is 12.1 Å². The van der Waals surface area contributed by atoms with Crippen LogP contribution in [0.3, 0.4) is 0 Å². The fourth-order valence-corrected chi connectivity index (χ4v) is 2.49. The standard InChI is InChI=1S/C15H21N3O4S/c1-10(16)18-7-8-23-9-15(2,17)14(21)22-13(20)11-5-3-4-6-12(11)19/h3-6,19H,7-9,17H2,1-2H3,(H2,16,18)/t15-/m0/s1. The Bertz CT molecular complexity index is 590. The number of hydrogen-bond donors (Lipinski definition) is 4. The molecule has 23 heavy (non-hydrogen) atoms. The Morgan fingerprint density at radius 1 is 1.43 bits per heavy atom. The van der Waals surface area contributed by atoms with Crippen molar-refractivity contribution >= 4 is 29.5 Å². The number of nitrogens with one attached hydrogen (secondary N) is 2. The number of nitrogens with two attached hydrogens (primary N) is 1. The Morgan fingerprint density at radius 3 is 2.70 bits per heavy atom. The van der Waals surface area contributed by atoms with Crippen molar-refractivity contribution in [2.45, 2.75) is 19.4 Å². The number of carbonyl (C=O) groups is 2. The first-order chi connectivity index (χ1) is 10.7. The summed E-state index contributed by atoms with van der Waals surface area (Å²) < 4.78 is 4.75. The molecule has 1 atom stereocenters. The molecule has 7 nitrogen and oxygen atoms in total. The number of para-hydroxylation sites is 1. The van der Waals surface area contributed by atoms with Crippen LogP contribution in [0.5, 0.6) is 5.75 Å². The Hall–Kier alpha value is -2.06. The first-order valence-electron chi connectivity index (χ1n) is 6.94.